The largest absolute Gasteiger partial charge is 0.309 e. The summed E-state index contributed by atoms with van der Waals surface area (Å²) in [6.07, 6.45) is 3.87. The molecule has 0 spiro atoms. The van der Waals surface area contributed by atoms with Crippen molar-refractivity contribution in [3.05, 3.63) is 35.4 Å². The van der Waals surface area contributed by atoms with Gasteiger partial charge in [-0.05, 0) is 30.5 Å². The molecule has 0 saturated heterocycles. The Hall–Kier alpha value is -0.670. The molecule has 0 fully saturated rings. The van der Waals surface area contributed by atoms with Crippen LogP contribution in [0.3, 0.4) is 0 Å². The minimum absolute atomic E-state index is 0.240. The van der Waals surface area contributed by atoms with Gasteiger partial charge < -0.3 is 5.32 Å². The predicted molar refractivity (Wildman–Crippen MR) is 69.0 cm³/mol. The Kier molecular flexibility index (Phi) is 3.77. The third-order valence-electron chi connectivity index (χ3n) is 3.22. The molecule has 3 unspecified atom stereocenters. The number of hydrogen-bond acceptors (Lipinski definition) is 2. The van der Waals surface area contributed by atoms with Gasteiger partial charge in [-0.25, -0.2) is 0 Å². The van der Waals surface area contributed by atoms with Gasteiger partial charge in [0.1, 0.15) is 0 Å². The molecule has 0 amide bonds. The average Bonchev–Trinajstić information content (AvgIpc) is 2.65. The minimum atomic E-state index is -0.763. The first-order valence-corrected chi connectivity index (χ1v) is 7.49. The van der Waals surface area contributed by atoms with Crippen molar-refractivity contribution < 1.29 is 4.21 Å². The van der Waals surface area contributed by atoms with Crippen molar-refractivity contribution in [3.63, 3.8) is 0 Å². The van der Waals surface area contributed by atoms with Crippen molar-refractivity contribution in [1.29, 1.82) is 0 Å². The summed E-state index contributed by atoms with van der Waals surface area (Å²) in [6, 6.07) is 8.73. The van der Waals surface area contributed by atoms with Crippen LogP contribution in [0.5, 0.6) is 0 Å². The normalized spacial score (nSPS) is 25.4. The first-order chi connectivity index (χ1) is 7.74. The van der Waals surface area contributed by atoms with Gasteiger partial charge in [-0.1, -0.05) is 31.2 Å². The van der Waals surface area contributed by atoms with E-state index in [-0.39, 0.29) is 11.3 Å². The minimum Gasteiger partial charge on any atom is -0.309 e. The molecule has 1 aliphatic carbocycles. The lowest BCUT2D eigenvalue weighted by Crippen LogP contribution is -2.32. The highest BCUT2D eigenvalue weighted by Crippen LogP contribution is 2.33. The maximum absolute atomic E-state index is 11.8. The lowest BCUT2D eigenvalue weighted by molar-refractivity contribution is 0.529. The van der Waals surface area contributed by atoms with Crippen molar-refractivity contribution in [3.8, 4) is 0 Å². The van der Waals surface area contributed by atoms with E-state index in [0.717, 1.165) is 19.4 Å². The summed E-state index contributed by atoms with van der Waals surface area (Å²) >= 11 is 0. The molecule has 1 aliphatic rings. The number of rotatable bonds is 4. The fraction of sp³-hybridized carbons (Fsp3) is 0.538. The fourth-order valence-electron chi connectivity index (χ4n) is 2.41. The summed E-state index contributed by atoms with van der Waals surface area (Å²) in [5.74, 6) is 0. The van der Waals surface area contributed by atoms with E-state index < -0.39 is 10.8 Å². The van der Waals surface area contributed by atoms with Crippen LogP contribution < -0.4 is 5.32 Å². The molecular weight excluding hydrogens is 218 g/mol. The SMILES string of the molecule is CCCNC1c2ccccc2CC1S(C)=O. The summed E-state index contributed by atoms with van der Waals surface area (Å²) in [5, 5.41) is 3.77. The van der Waals surface area contributed by atoms with Crippen molar-refractivity contribution in [2.24, 2.45) is 0 Å². The van der Waals surface area contributed by atoms with Crippen molar-refractivity contribution in [1.82, 2.24) is 5.32 Å². The Balaban J connectivity index is 2.25. The lowest BCUT2D eigenvalue weighted by Gasteiger charge is -2.19. The highest BCUT2D eigenvalue weighted by molar-refractivity contribution is 7.85. The van der Waals surface area contributed by atoms with Crippen molar-refractivity contribution in [2.45, 2.75) is 31.1 Å². The summed E-state index contributed by atoms with van der Waals surface area (Å²) in [4.78, 5) is 0. The number of benzene rings is 1. The zero-order valence-corrected chi connectivity index (χ0v) is 10.7. The summed E-state index contributed by atoms with van der Waals surface area (Å²) < 4.78 is 11.8. The van der Waals surface area contributed by atoms with Crippen LogP contribution >= 0.6 is 0 Å². The van der Waals surface area contributed by atoms with Crippen molar-refractivity contribution in [2.75, 3.05) is 12.8 Å². The van der Waals surface area contributed by atoms with E-state index in [9.17, 15) is 4.21 Å². The highest BCUT2D eigenvalue weighted by atomic mass is 32.2. The van der Waals surface area contributed by atoms with Gasteiger partial charge in [0.15, 0.2) is 0 Å². The van der Waals surface area contributed by atoms with Gasteiger partial charge in [-0.2, -0.15) is 0 Å². The molecule has 1 N–H and O–H groups in total. The van der Waals surface area contributed by atoms with Gasteiger partial charge in [0.25, 0.3) is 0 Å². The molecule has 3 atom stereocenters. The smallest absolute Gasteiger partial charge is 0.0580 e. The molecule has 3 heteroatoms. The number of hydrogen-bond donors (Lipinski definition) is 1. The third kappa shape index (κ3) is 2.20. The van der Waals surface area contributed by atoms with Crippen LogP contribution in [0, 0.1) is 0 Å². The van der Waals surface area contributed by atoms with E-state index in [1.54, 1.807) is 0 Å². The van der Waals surface area contributed by atoms with E-state index >= 15 is 0 Å². The molecule has 0 bridgehead atoms. The monoisotopic (exact) mass is 237 g/mol. The van der Waals surface area contributed by atoms with Crippen LogP contribution in [0.15, 0.2) is 24.3 Å². The molecule has 16 heavy (non-hydrogen) atoms. The standard InChI is InChI=1S/C13H19NOS/c1-3-8-14-13-11-7-5-4-6-10(11)9-12(13)16(2)15/h4-7,12-14H,3,8-9H2,1-2H3. The molecule has 0 aliphatic heterocycles. The molecule has 0 aromatic heterocycles. The zero-order valence-electron chi connectivity index (χ0n) is 9.90. The Morgan fingerprint density at radius 1 is 1.44 bits per heavy atom. The molecule has 1 aromatic carbocycles. The van der Waals surface area contributed by atoms with Crippen LogP contribution in [0.25, 0.3) is 0 Å². The van der Waals surface area contributed by atoms with Gasteiger partial charge in [-0.3, -0.25) is 4.21 Å². The van der Waals surface area contributed by atoms with Crippen LogP contribution in [-0.2, 0) is 17.2 Å². The van der Waals surface area contributed by atoms with E-state index in [1.807, 2.05) is 6.26 Å². The Bertz CT molecular complexity index is 391. The van der Waals surface area contributed by atoms with E-state index in [4.69, 9.17) is 0 Å². The summed E-state index contributed by atoms with van der Waals surface area (Å²) in [6.45, 7) is 3.15. The topological polar surface area (TPSA) is 29.1 Å². The first kappa shape index (κ1) is 11.8. The highest BCUT2D eigenvalue weighted by Gasteiger charge is 2.33. The third-order valence-corrected chi connectivity index (χ3v) is 4.52. The predicted octanol–water partition coefficient (Wildman–Crippen LogP) is 2.03. The van der Waals surface area contributed by atoms with Gasteiger partial charge in [0.05, 0.1) is 5.25 Å². The molecule has 0 heterocycles. The zero-order chi connectivity index (χ0) is 11.5. The van der Waals surface area contributed by atoms with Gasteiger partial charge >= 0.3 is 0 Å². The second-order valence-electron chi connectivity index (χ2n) is 4.37. The Morgan fingerprint density at radius 2 is 2.19 bits per heavy atom. The molecule has 1 aromatic rings. The Morgan fingerprint density at radius 3 is 2.88 bits per heavy atom. The fourth-order valence-corrected chi connectivity index (χ4v) is 3.45. The summed E-state index contributed by atoms with van der Waals surface area (Å²) in [5.41, 5.74) is 2.70. The van der Waals surface area contributed by atoms with Gasteiger partial charge in [0.2, 0.25) is 0 Å². The molecule has 2 nitrogen and oxygen atoms in total. The summed E-state index contributed by atoms with van der Waals surface area (Å²) in [7, 11) is -0.763. The quantitative estimate of drug-likeness (QED) is 0.868. The van der Waals surface area contributed by atoms with E-state index in [2.05, 4.69) is 36.5 Å². The second kappa shape index (κ2) is 5.11. The lowest BCUT2D eigenvalue weighted by atomic mass is 10.1. The van der Waals surface area contributed by atoms with Crippen LogP contribution in [0.4, 0.5) is 0 Å². The van der Waals surface area contributed by atoms with E-state index in [1.165, 1.54) is 11.1 Å². The molecule has 0 radical (unpaired) electrons. The van der Waals surface area contributed by atoms with Crippen LogP contribution in [0.1, 0.15) is 30.5 Å². The van der Waals surface area contributed by atoms with Crippen LogP contribution in [-0.4, -0.2) is 22.3 Å². The number of fused-ring (bicyclic) bond motifs is 1. The molecule has 2 rings (SSSR count). The molecular formula is C13H19NOS. The molecule has 88 valence electrons. The van der Waals surface area contributed by atoms with Crippen LogP contribution in [0.2, 0.25) is 0 Å². The molecule has 0 saturated carbocycles. The average molecular weight is 237 g/mol. The second-order valence-corrected chi connectivity index (χ2v) is 5.97. The maximum atomic E-state index is 11.8. The van der Waals surface area contributed by atoms with E-state index in [0.29, 0.717) is 0 Å². The maximum Gasteiger partial charge on any atom is 0.0580 e. The Labute approximate surface area is 99.9 Å². The van der Waals surface area contributed by atoms with Gasteiger partial charge in [0, 0.05) is 23.1 Å². The first-order valence-electron chi connectivity index (χ1n) is 5.87. The van der Waals surface area contributed by atoms with Gasteiger partial charge in [-0.15, -0.1) is 0 Å². The van der Waals surface area contributed by atoms with Crippen molar-refractivity contribution >= 4 is 10.8 Å². The number of nitrogens with one attached hydrogen (secondary N) is 1.